The van der Waals surface area contributed by atoms with Gasteiger partial charge in [-0.05, 0) is 17.2 Å². The fourth-order valence-corrected chi connectivity index (χ4v) is 2.64. The molecule has 5 N–H and O–H groups in total. The number of nitrogens with two attached hydrogens (primary N) is 1. The Hall–Kier alpha value is -3.71. The third-order valence-corrected chi connectivity index (χ3v) is 3.94. The Morgan fingerprint density at radius 3 is 2.44 bits per heavy atom. The number of imidazole rings is 1. The van der Waals surface area contributed by atoms with E-state index in [1.54, 1.807) is 6.08 Å². The summed E-state index contributed by atoms with van der Waals surface area (Å²) in [6.07, 6.45) is 3.31. The van der Waals surface area contributed by atoms with Crippen molar-refractivity contribution in [3.05, 3.63) is 83.3 Å². The van der Waals surface area contributed by atoms with E-state index in [9.17, 15) is 9.59 Å². The molecule has 0 spiro atoms. The van der Waals surface area contributed by atoms with Crippen LogP contribution in [-0.2, 0) is 11.2 Å². The van der Waals surface area contributed by atoms with Gasteiger partial charge in [-0.2, -0.15) is 0 Å². The van der Waals surface area contributed by atoms with Crippen molar-refractivity contribution < 1.29 is 14.8 Å². The van der Waals surface area contributed by atoms with E-state index in [1.807, 2.05) is 54.6 Å². The number of carbonyl (C=O) groups is 2. The lowest BCUT2D eigenvalue weighted by Crippen LogP contribution is -2.14. The molecule has 0 bridgehead atoms. The first-order valence-corrected chi connectivity index (χ1v) is 8.22. The fraction of sp³-hybridized carbons (Fsp3) is 0.0500. The molecule has 0 saturated heterocycles. The van der Waals surface area contributed by atoms with Crippen molar-refractivity contribution in [1.29, 1.82) is 0 Å². The molecular weight excluding hydrogens is 344 g/mol. The van der Waals surface area contributed by atoms with Crippen LogP contribution in [0.15, 0.2) is 60.7 Å². The van der Waals surface area contributed by atoms with E-state index in [2.05, 4.69) is 9.97 Å². The summed E-state index contributed by atoms with van der Waals surface area (Å²) in [4.78, 5) is 30.3. The lowest BCUT2D eigenvalue weighted by Gasteiger charge is -2.00. The van der Waals surface area contributed by atoms with Crippen LogP contribution in [0.25, 0.3) is 17.3 Å². The molecule has 7 nitrogen and oxygen atoms in total. The monoisotopic (exact) mass is 362 g/mol. The molecule has 0 aliphatic carbocycles. The lowest BCUT2D eigenvalue weighted by atomic mass is 10.1. The molecule has 2 amide bonds. The van der Waals surface area contributed by atoms with E-state index >= 15 is 0 Å². The number of primary amides is 1. The number of nitrogens with one attached hydrogen (secondary N) is 2. The van der Waals surface area contributed by atoms with Crippen LogP contribution in [-0.4, -0.2) is 27.0 Å². The number of benzene rings is 2. The van der Waals surface area contributed by atoms with Gasteiger partial charge in [0, 0.05) is 18.1 Å². The summed E-state index contributed by atoms with van der Waals surface area (Å²) in [5.41, 5.74) is 10.4. The van der Waals surface area contributed by atoms with Gasteiger partial charge in [-0.25, -0.2) is 10.5 Å². The van der Waals surface area contributed by atoms with E-state index in [0.717, 1.165) is 16.7 Å². The van der Waals surface area contributed by atoms with Gasteiger partial charge in [0.2, 0.25) is 0 Å². The Morgan fingerprint density at radius 2 is 1.81 bits per heavy atom. The summed E-state index contributed by atoms with van der Waals surface area (Å²) in [5.74, 6) is -0.525. The smallest absolute Gasteiger partial charge is 0.267 e. The zero-order valence-electron chi connectivity index (χ0n) is 14.3. The maximum absolute atomic E-state index is 11.8. The standard InChI is InChI=1S/C20H18N4O3/c21-20(26)19-18(15-4-2-1-3-5-15)22-16(23-19)12-14-8-6-13(7-9-14)10-11-17(25)24-27/h1-11,27H,12H2,(H2,21,26)(H,22,23)(H,24,25)/b11-10+. The van der Waals surface area contributed by atoms with E-state index in [0.29, 0.717) is 17.9 Å². The maximum atomic E-state index is 11.8. The molecule has 1 aromatic heterocycles. The van der Waals surface area contributed by atoms with E-state index in [-0.39, 0.29) is 5.69 Å². The predicted octanol–water partition coefficient (Wildman–Crippen LogP) is 2.29. The fourth-order valence-electron chi connectivity index (χ4n) is 2.64. The van der Waals surface area contributed by atoms with Crippen LogP contribution in [0.4, 0.5) is 0 Å². The molecule has 7 heteroatoms. The largest absolute Gasteiger partial charge is 0.364 e. The van der Waals surface area contributed by atoms with Crippen LogP contribution in [0.5, 0.6) is 0 Å². The maximum Gasteiger partial charge on any atom is 0.267 e. The summed E-state index contributed by atoms with van der Waals surface area (Å²) in [5, 5.41) is 8.47. The minimum absolute atomic E-state index is 0.283. The van der Waals surface area contributed by atoms with Crippen molar-refractivity contribution in [3.8, 4) is 11.3 Å². The molecule has 0 fully saturated rings. The molecule has 1 heterocycles. The molecule has 136 valence electrons. The number of H-pyrrole nitrogens is 1. The topological polar surface area (TPSA) is 121 Å². The molecule has 3 aromatic rings. The van der Waals surface area contributed by atoms with Gasteiger partial charge in [-0.15, -0.1) is 0 Å². The summed E-state index contributed by atoms with van der Waals surface area (Å²) in [6, 6.07) is 16.8. The minimum Gasteiger partial charge on any atom is -0.364 e. The number of nitrogens with zero attached hydrogens (tertiary/aromatic N) is 1. The molecule has 2 aromatic carbocycles. The van der Waals surface area contributed by atoms with Gasteiger partial charge in [0.25, 0.3) is 11.8 Å². The highest BCUT2D eigenvalue weighted by molar-refractivity contribution is 5.97. The predicted molar refractivity (Wildman–Crippen MR) is 101 cm³/mol. The third-order valence-electron chi connectivity index (χ3n) is 3.94. The first-order valence-electron chi connectivity index (χ1n) is 8.22. The Kier molecular flexibility index (Phi) is 5.44. The first kappa shape index (κ1) is 18.1. The molecule has 0 unspecified atom stereocenters. The second-order valence-corrected chi connectivity index (χ2v) is 5.87. The molecular formula is C20H18N4O3. The summed E-state index contributed by atoms with van der Waals surface area (Å²) in [6.45, 7) is 0. The SMILES string of the molecule is NC(=O)c1[nH]c(Cc2ccc(/C=C/C(=O)NO)cc2)nc1-c1ccccc1. The van der Waals surface area contributed by atoms with Gasteiger partial charge >= 0.3 is 0 Å². The average molecular weight is 362 g/mol. The van der Waals surface area contributed by atoms with Crippen LogP contribution < -0.4 is 11.2 Å². The van der Waals surface area contributed by atoms with Crippen LogP contribution in [0.1, 0.15) is 27.4 Å². The number of hydrogen-bond donors (Lipinski definition) is 4. The highest BCUT2D eigenvalue weighted by Crippen LogP contribution is 2.22. The molecule has 0 aliphatic rings. The van der Waals surface area contributed by atoms with E-state index < -0.39 is 11.8 Å². The number of amides is 2. The van der Waals surface area contributed by atoms with E-state index in [4.69, 9.17) is 10.9 Å². The Labute approximate surface area is 155 Å². The third kappa shape index (κ3) is 4.47. The van der Waals surface area contributed by atoms with Crippen LogP contribution in [0.2, 0.25) is 0 Å². The number of hydroxylamine groups is 1. The Morgan fingerprint density at radius 1 is 1.11 bits per heavy atom. The summed E-state index contributed by atoms with van der Waals surface area (Å²) < 4.78 is 0. The second kappa shape index (κ2) is 8.11. The van der Waals surface area contributed by atoms with Crippen molar-refractivity contribution in [2.75, 3.05) is 0 Å². The summed E-state index contributed by atoms with van der Waals surface area (Å²) >= 11 is 0. The molecule has 3 rings (SSSR count). The van der Waals surface area contributed by atoms with Gasteiger partial charge in [-0.1, -0.05) is 54.6 Å². The molecule has 0 aliphatic heterocycles. The normalized spacial score (nSPS) is 10.9. The molecule has 0 saturated carbocycles. The van der Waals surface area contributed by atoms with Crippen LogP contribution in [0.3, 0.4) is 0 Å². The number of rotatable bonds is 6. The Bertz CT molecular complexity index is 976. The Balaban J connectivity index is 1.81. The zero-order valence-corrected chi connectivity index (χ0v) is 14.3. The molecule has 0 atom stereocenters. The number of hydrogen-bond acceptors (Lipinski definition) is 4. The van der Waals surface area contributed by atoms with Gasteiger partial charge in [-0.3, -0.25) is 14.8 Å². The van der Waals surface area contributed by atoms with Gasteiger partial charge in [0.1, 0.15) is 17.2 Å². The van der Waals surface area contributed by atoms with Crippen LogP contribution >= 0.6 is 0 Å². The summed E-state index contributed by atoms with van der Waals surface area (Å²) in [7, 11) is 0. The van der Waals surface area contributed by atoms with Crippen LogP contribution in [0, 0.1) is 0 Å². The lowest BCUT2D eigenvalue weighted by molar-refractivity contribution is -0.124. The van der Waals surface area contributed by atoms with Gasteiger partial charge in [0.05, 0.1) is 0 Å². The molecule has 27 heavy (non-hydrogen) atoms. The molecule has 0 radical (unpaired) electrons. The van der Waals surface area contributed by atoms with Gasteiger partial charge < -0.3 is 10.7 Å². The van der Waals surface area contributed by atoms with E-state index in [1.165, 1.54) is 11.6 Å². The van der Waals surface area contributed by atoms with Crippen molar-refractivity contribution >= 4 is 17.9 Å². The highest BCUT2D eigenvalue weighted by atomic mass is 16.5. The van der Waals surface area contributed by atoms with Crippen molar-refractivity contribution in [3.63, 3.8) is 0 Å². The first-order chi connectivity index (χ1) is 13.1. The average Bonchev–Trinajstić information content (AvgIpc) is 3.12. The minimum atomic E-state index is -0.595. The zero-order chi connectivity index (χ0) is 19.2. The van der Waals surface area contributed by atoms with Crippen molar-refractivity contribution in [1.82, 2.24) is 15.4 Å². The number of aromatic amines is 1. The van der Waals surface area contributed by atoms with Crippen molar-refractivity contribution in [2.24, 2.45) is 5.73 Å². The second-order valence-electron chi connectivity index (χ2n) is 5.87. The quantitative estimate of drug-likeness (QED) is 0.305. The van der Waals surface area contributed by atoms with Crippen molar-refractivity contribution in [2.45, 2.75) is 6.42 Å². The number of carbonyl (C=O) groups excluding carboxylic acids is 2. The number of aromatic nitrogens is 2. The highest BCUT2D eigenvalue weighted by Gasteiger charge is 2.16. The van der Waals surface area contributed by atoms with Gasteiger partial charge in [0.15, 0.2) is 0 Å².